The Bertz CT molecular complexity index is 488. The highest BCUT2D eigenvalue weighted by Gasteiger charge is 2.17. The zero-order valence-electron chi connectivity index (χ0n) is 12.9. The number of hydrogen-bond donors (Lipinski definition) is 2. The number of hydrogen-bond acceptors (Lipinski definition) is 4. The quantitative estimate of drug-likeness (QED) is 0.820. The monoisotopic (exact) mass is 298 g/mol. The van der Waals surface area contributed by atoms with Crippen molar-refractivity contribution >= 4 is 23.3 Å². The molecule has 2 N–H and O–H groups in total. The van der Waals surface area contributed by atoms with Gasteiger partial charge in [0.2, 0.25) is 5.91 Å². The summed E-state index contributed by atoms with van der Waals surface area (Å²) in [5, 5.41) is 6.38. The maximum absolute atomic E-state index is 11.9. The molecule has 1 heterocycles. The van der Waals surface area contributed by atoms with E-state index in [1.807, 2.05) is 34.6 Å². The lowest BCUT2D eigenvalue weighted by atomic mass is 10.2. The molecule has 1 atom stereocenters. The Hall–Kier alpha value is -1.36. The van der Waals surface area contributed by atoms with Crippen LogP contribution in [0, 0.1) is 6.92 Å². The van der Waals surface area contributed by atoms with E-state index >= 15 is 0 Å². The Morgan fingerprint density at radius 2 is 1.75 bits per heavy atom. The maximum atomic E-state index is 11.9. The van der Waals surface area contributed by atoms with Gasteiger partial charge in [0.05, 0.1) is 0 Å². The smallest absolute Gasteiger partial charge is 0.242 e. The molecule has 20 heavy (non-hydrogen) atoms. The second-order valence-electron chi connectivity index (χ2n) is 5.53. The number of amides is 1. The summed E-state index contributed by atoms with van der Waals surface area (Å²) in [5.74, 6) is 1.38. The van der Waals surface area contributed by atoms with Crippen molar-refractivity contribution in [1.29, 1.82) is 0 Å². The van der Waals surface area contributed by atoms with E-state index in [2.05, 4.69) is 20.6 Å². The van der Waals surface area contributed by atoms with Crippen LogP contribution in [0.5, 0.6) is 0 Å². The highest BCUT2D eigenvalue weighted by molar-refractivity contribution is 6.30. The van der Waals surface area contributed by atoms with Crippen molar-refractivity contribution in [2.24, 2.45) is 0 Å². The van der Waals surface area contributed by atoms with Crippen molar-refractivity contribution in [1.82, 2.24) is 15.3 Å². The Morgan fingerprint density at radius 1 is 1.15 bits per heavy atom. The van der Waals surface area contributed by atoms with E-state index < -0.39 is 0 Å². The molecule has 5 nitrogen and oxygen atoms in total. The summed E-state index contributed by atoms with van der Waals surface area (Å²) in [6, 6.07) is -0.282. The van der Waals surface area contributed by atoms with Gasteiger partial charge >= 0.3 is 0 Å². The van der Waals surface area contributed by atoms with Gasteiger partial charge < -0.3 is 10.6 Å². The minimum atomic E-state index is -0.387. The van der Waals surface area contributed by atoms with E-state index in [1.165, 1.54) is 0 Å². The van der Waals surface area contributed by atoms with Crippen LogP contribution >= 0.6 is 11.6 Å². The SMILES string of the molecule is Cc1c(Cl)nc(C(C)C)nc1NC(C)C(=O)NC(C)C. The summed E-state index contributed by atoms with van der Waals surface area (Å²) in [6.45, 7) is 11.5. The van der Waals surface area contributed by atoms with E-state index in [9.17, 15) is 4.79 Å². The van der Waals surface area contributed by atoms with Crippen LogP contribution in [0.25, 0.3) is 0 Å². The molecule has 6 heteroatoms. The number of nitrogens with zero attached hydrogens (tertiary/aromatic N) is 2. The zero-order valence-corrected chi connectivity index (χ0v) is 13.7. The number of carbonyl (C=O) groups excluding carboxylic acids is 1. The lowest BCUT2D eigenvalue weighted by Gasteiger charge is -2.19. The molecule has 0 spiro atoms. The lowest BCUT2D eigenvalue weighted by molar-refractivity contribution is -0.122. The Kier molecular flexibility index (Phi) is 5.74. The molecule has 0 fully saturated rings. The van der Waals surface area contributed by atoms with Crippen LogP contribution in [-0.2, 0) is 4.79 Å². The predicted octanol–water partition coefficient (Wildman–Crippen LogP) is 2.89. The third-order valence-electron chi connectivity index (χ3n) is 2.80. The molecule has 112 valence electrons. The summed E-state index contributed by atoms with van der Waals surface area (Å²) < 4.78 is 0. The fourth-order valence-corrected chi connectivity index (χ4v) is 1.76. The molecule has 0 radical (unpaired) electrons. The number of nitrogens with one attached hydrogen (secondary N) is 2. The van der Waals surface area contributed by atoms with Gasteiger partial charge in [0.15, 0.2) is 0 Å². The van der Waals surface area contributed by atoms with Crippen LogP contribution in [0.2, 0.25) is 5.15 Å². The van der Waals surface area contributed by atoms with Crippen molar-refractivity contribution in [3.8, 4) is 0 Å². The number of anilines is 1. The Labute approximate surface area is 125 Å². The molecule has 1 aromatic rings. The largest absolute Gasteiger partial charge is 0.358 e. The van der Waals surface area contributed by atoms with E-state index in [-0.39, 0.29) is 23.9 Å². The lowest BCUT2D eigenvalue weighted by Crippen LogP contribution is -2.41. The zero-order chi connectivity index (χ0) is 15.4. The molecular formula is C14H23ClN4O. The van der Waals surface area contributed by atoms with Crippen molar-refractivity contribution in [3.63, 3.8) is 0 Å². The third-order valence-corrected chi connectivity index (χ3v) is 3.17. The molecule has 1 unspecified atom stereocenters. The summed E-state index contributed by atoms with van der Waals surface area (Å²) in [5.41, 5.74) is 0.750. The molecule has 1 aromatic heterocycles. The van der Waals surface area contributed by atoms with Gasteiger partial charge in [0.1, 0.15) is 22.8 Å². The van der Waals surface area contributed by atoms with Gasteiger partial charge in [-0.1, -0.05) is 25.4 Å². The number of carbonyl (C=O) groups is 1. The first kappa shape index (κ1) is 16.7. The van der Waals surface area contributed by atoms with E-state index in [1.54, 1.807) is 6.92 Å². The van der Waals surface area contributed by atoms with Crippen LogP contribution in [0.4, 0.5) is 5.82 Å². The average molecular weight is 299 g/mol. The summed E-state index contributed by atoms with van der Waals surface area (Å²) in [7, 11) is 0. The van der Waals surface area contributed by atoms with Crippen LogP contribution in [0.15, 0.2) is 0 Å². The first-order valence-electron chi connectivity index (χ1n) is 6.83. The second-order valence-corrected chi connectivity index (χ2v) is 5.89. The molecule has 0 bridgehead atoms. The average Bonchev–Trinajstić information content (AvgIpc) is 2.33. The molecule has 0 aliphatic heterocycles. The molecule has 0 saturated heterocycles. The minimum absolute atomic E-state index is 0.0692. The first-order valence-corrected chi connectivity index (χ1v) is 7.21. The Balaban J connectivity index is 2.94. The summed E-state index contributed by atoms with van der Waals surface area (Å²) in [4.78, 5) is 20.6. The van der Waals surface area contributed by atoms with Gasteiger partial charge in [-0.25, -0.2) is 9.97 Å². The summed E-state index contributed by atoms with van der Waals surface area (Å²) in [6.07, 6.45) is 0. The third kappa shape index (κ3) is 4.34. The minimum Gasteiger partial charge on any atom is -0.358 e. The molecule has 0 aromatic carbocycles. The first-order chi connectivity index (χ1) is 9.22. The molecule has 1 rings (SSSR count). The van der Waals surface area contributed by atoms with Crippen molar-refractivity contribution in [3.05, 3.63) is 16.5 Å². The van der Waals surface area contributed by atoms with E-state index in [4.69, 9.17) is 11.6 Å². The van der Waals surface area contributed by atoms with Gasteiger partial charge in [-0.05, 0) is 27.7 Å². The van der Waals surface area contributed by atoms with Crippen molar-refractivity contribution < 1.29 is 4.79 Å². The van der Waals surface area contributed by atoms with Gasteiger partial charge in [-0.2, -0.15) is 0 Å². The molecule has 0 aliphatic rings. The molecule has 1 amide bonds. The highest BCUT2D eigenvalue weighted by Crippen LogP contribution is 2.23. The Morgan fingerprint density at radius 3 is 2.25 bits per heavy atom. The number of aromatic nitrogens is 2. The second kappa shape index (κ2) is 6.88. The van der Waals surface area contributed by atoms with Crippen LogP contribution in [0.3, 0.4) is 0 Å². The fraction of sp³-hybridized carbons (Fsp3) is 0.643. The van der Waals surface area contributed by atoms with Crippen LogP contribution in [-0.4, -0.2) is 28.0 Å². The fourth-order valence-electron chi connectivity index (χ4n) is 1.58. The molecule has 0 saturated carbocycles. The highest BCUT2D eigenvalue weighted by atomic mass is 35.5. The van der Waals surface area contributed by atoms with Crippen molar-refractivity contribution in [2.75, 3.05) is 5.32 Å². The topological polar surface area (TPSA) is 66.9 Å². The standard InChI is InChI=1S/C14H23ClN4O/c1-7(2)12-18-11(15)9(5)13(19-12)17-10(6)14(20)16-8(3)4/h7-8,10H,1-6H3,(H,16,20)(H,17,18,19). The van der Waals surface area contributed by atoms with Gasteiger partial charge in [0, 0.05) is 17.5 Å². The van der Waals surface area contributed by atoms with Gasteiger partial charge in [-0.15, -0.1) is 0 Å². The maximum Gasteiger partial charge on any atom is 0.242 e. The normalized spacial score (nSPS) is 12.7. The van der Waals surface area contributed by atoms with Crippen LogP contribution in [0.1, 0.15) is 51.9 Å². The van der Waals surface area contributed by atoms with Gasteiger partial charge in [-0.3, -0.25) is 4.79 Å². The van der Waals surface area contributed by atoms with Crippen LogP contribution < -0.4 is 10.6 Å². The van der Waals surface area contributed by atoms with E-state index in [0.29, 0.717) is 16.8 Å². The number of halogens is 1. The number of rotatable bonds is 5. The predicted molar refractivity (Wildman–Crippen MR) is 82.2 cm³/mol. The van der Waals surface area contributed by atoms with E-state index in [0.717, 1.165) is 5.56 Å². The van der Waals surface area contributed by atoms with Gasteiger partial charge in [0.25, 0.3) is 0 Å². The molecular weight excluding hydrogens is 276 g/mol. The molecule has 0 aliphatic carbocycles. The summed E-state index contributed by atoms with van der Waals surface area (Å²) >= 11 is 6.12. The van der Waals surface area contributed by atoms with Crippen molar-refractivity contribution in [2.45, 2.75) is 59.5 Å².